The van der Waals surface area contributed by atoms with E-state index in [1.807, 2.05) is 0 Å². The van der Waals surface area contributed by atoms with E-state index >= 15 is 0 Å². The van der Waals surface area contributed by atoms with E-state index in [2.05, 4.69) is 111 Å². The second-order valence-corrected chi connectivity index (χ2v) is 17.6. The van der Waals surface area contributed by atoms with Crippen molar-refractivity contribution in [2.45, 2.75) is 210 Å². The molecule has 2 fully saturated rings. The van der Waals surface area contributed by atoms with Gasteiger partial charge < -0.3 is 64.2 Å². The van der Waals surface area contributed by atoms with Gasteiger partial charge in [0.05, 0.1) is 26.4 Å². The number of allylic oxidation sites excluding steroid dienone is 16. The summed E-state index contributed by atoms with van der Waals surface area (Å²) in [6, 6.07) is 0. The number of unbranched alkanes of at least 4 members (excludes halogenated alkanes) is 9. The van der Waals surface area contributed by atoms with Crippen LogP contribution in [0.2, 0.25) is 0 Å². The second kappa shape index (κ2) is 41.5. The molecule has 2 heterocycles. The van der Waals surface area contributed by atoms with Gasteiger partial charge in [-0.25, -0.2) is 0 Å². The second-order valence-electron chi connectivity index (χ2n) is 17.6. The fraction of sp³-hybridized carbons (Fsp3) is 0.691. The summed E-state index contributed by atoms with van der Waals surface area (Å²) >= 11 is 0. The maximum Gasteiger partial charge on any atom is 0.306 e. The predicted octanol–water partition coefficient (Wildman–Crippen LogP) is 7.85. The van der Waals surface area contributed by atoms with Crippen molar-refractivity contribution < 1.29 is 69.0 Å². The van der Waals surface area contributed by atoms with Crippen LogP contribution in [0.3, 0.4) is 0 Å². The van der Waals surface area contributed by atoms with Crippen LogP contribution in [0.4, 0.5) is 0 Å². The molecule has 0 aromatic rings. The third-order valence-electron chi connectivity index (χ3n) is 11.6. The fourth-order valence-corrected chi connectivity index (χ4v) is 7.44. The van der Waals surface area contributed by atoms with Gasteiger partial charge in [-0.1, -0.05) is 143 Å². The highest BCUT2D eigenvalue weighted by atomic mass is 16.7. The van der Waals surface area contributed by atoms with Crippen molar-refractivity contribution in [2.24, 2.45) is 0 Å². The van der Waals surface area contributed by atoms with Crippen LogP contribution in [0.15, 0.2) is 97.2 Å². The minimum Gasteiger partial charge on any atom is -0.457 e. The highest BCUT2D eigenvalue weighted by molar-refractivity contribution is 5.69. The number of carbonyl (C=O) groups is 1. The predicted molar refractivity (Wildman–Crippen MR) is 270 cm³/mol. The number of aliphatic hydroxyl groups excluding tert-OH is 7. The summed E-state index contributed by atoms with van der Waals surface area (Å²) in [7, 11) is 0. The van der Waals surface area contributed by atoms with Crippen LogP contribution in [-0.4, -0.2) is 142 Å². The summed E-state index contributed by atoms with van der Waals surface area (Å²) in [6.07, 6.45) is 37.5. The number of carbonyl (C=O) groups excluding carboxylic acids is 1. The summed E-state index contributed by atoms with van der Waals surface area (Å²) in [5.74, 6) is -0.408. The first-order chi connectivity index (χ1) is 33.6. The maximum atomic E-state index is 13.0. The Bertz CT molecular complexity index is 1500. The molecule has 0 amide bonds. The van der Waals surface area contributed by atoms with E-state index in [4.69, 9.17) is 28.4 Å². The topological polar surface area (TPSA) is 214 Å². The first-order valence-electron chi connectivity index (χ1n) is 25.8. The van der Waals surface area contributed by atoms with E-state index in [1.54, 1.807) is 0 Å². The van der Waals surface area contributed by atoms with Gasteiger partial charge in [0.25, 0.3) is 0 Å². The minimum absolute atomic E-state index is 0.0304. The van der Waals surface area contributed by atoms with Crippen molar-refractivity contribution >= 4 is 5.97 Å². The lowest BCUT2D eigenvalue weighted by Crippen LogP contribution is -2.61. The van der Waals surface area contributed by atoms with Gasteiger partial charge in [-0.3, -0.25) is 4.79 Å². The highest BCUT2D eigenvalue weighted by Crippen LogP contribution is 2.26. The van der Waals surface area contributed by atoms with Gasteiger partial charge in [-0.15, -0.1) is 0 Å². The van der Waals surface area contributed by atoms with E-state index < -0.39 is 86.7 Å². The largest absolute Gasteiger partial charge is 0.457 e. The van der Waals surface area contributed by atoms with Gasteiger partial charge in [-0.05, 0) is 89.9 Å². The average Bonchev–Trinajstić information content (AvgIpc) is 3.35. The van der Waals surface area contributed by atoms with Gasteiger partial charge in [0.2, 0.25) is 0 Å². The molecule has 0 radical (unpaired) electrons. The van der Waals surface area contributed by atoms with E-state index in [9.17, 15) is 40.5 Å². The van der Waals surface area contributed by atoms with Crippen LogP contribution in [0.25, 0.3) is 0 Å². The van der Waals surface area contributed by atoms with E-state index in [0.717, 1.165) is 116 Å². The van der Waals surface area contributed by atoms with Crippen LogP contribution in [0.1, 0.15) is 142 Å². The van der Waals surface area contributed by atoms with Crippen molar-refractivity contribution in [1.82, 2.24) is 0 Å². The SMILES string of the molecule is CC/C=C\C/C=C\C/C=C\C/C=C\C/C=C\CCCCCCOCC(COC1OC(COC2OC(CO)C(O)C(O)C2O)C(O)C(O)C1O)OC(=O)CCCCCCC/C=C\C/C=C\C/C=C\CC. The summed E-state index contributed by atoms with van der Waals surface area (Å²) in [5, 5.41) is 72.2. The zero-order valence-electron chi connectivity index (χ0n) is 41.8. The molecule has 14 nitrogen and oxygen atoms in total. The summed E-state index contributed by atoms with van der Waals surface area (Å²) in [6.45, 7) is 3.34. The molecule has 14 heteroatoms. The Labute approximate surface area is 413 Å². The monoisotopic (exact) mass is 975 g/mol. The van der Waals surface area contributed by atoms with Crippen LogP contribution >= 0.6 is 0 Å². The summed E-state index contributed by atoms with van der Waals surface area (Å²) in [5.41, 5.74) is 0. The van der Waals surface area contributed by atoms with Crippen molar-refractivity contribution in [1.29, 1.82) is 0 Å². The Hall–Kier alpha value is -3.09. The molecule has 2 aliphatic rings. The molecule has 2 aliphatic heterocycles. The minimum atomic E-state index is -1.72. The van der Waals surface area contributed by atoms with Gasteiger partial charge in [0.15, 0.2) is 12.6 Å². The quantitative estimate of drug-likeness (QED) is 0.0178. The molecule has 2 rings (SSSR count). The zero-order valence-corrected chi connectivity index (χ0v) is 41.8. The van der Waals surface area contributed by atoms with Crippen molar-refractivity contribution in [3.05, 3.63) is 97.2 Å². The molecule has 0 spiro atoms. The molecule has 0 bridgehead atoms. The normalized spacial score (nSPS) is 26.5. The van der Waals surface area contributed by atoms with Crippen molar-refractivity contribution in [2.75, 3.05) is 33.0 Å². The van der Waals surface area contributed by atoms with Crippen LogP contribution in [-0.2, 0) is 33.2 Å². The average molecular weight is 975 g/mol. The van der Waals surface area contributed by atoms with Gasteiger partial charge in [0.1, 0.15) is 54.9 Å². The van der Waals surface area contributed by atoms with Crippen LogP contribution in [0.5, 0.6) is 0 Å². The van der Waals surface area contributed by atoms with Crippen molar-refractivity contribution in [3.8, 4) is 0 Å². The first-order valence-corrected chi connectivity index (χ1v) is 25.8. The van der Waals surface area contributed by atoms with Gasteiger partial charge in [0, 0.05) is 13.0 Å². The van der Waals surface area contributed by atoms with Crippen molar-refractivity contribution in [3.63, 3.8) is 0 Å². The lowest BCUT2D eigenvalue weighted by atomic mass is 9.98. The number of rotatable bonds is 39. The Morgan fingerprint density at radius 3 is 1.41 bits per heavy atom. The van der Waals surface area contributed by atoms with E-state index in [0.29, 0.717) is 13.0 Å². The molecular formula is C55H90O14. The number of hydrogen-bond acceptors (Lipinski definition) is 14. The van der Waals surface area contributed by atoms with Gasteiger partial charge >= 0.3 is 5.97 Å². The molecule has 0 aliphatic carbocycles. The number of ether oxygens (including phenoxy) is 6. The molecule has 2 saturated heterocycles. The standard InChI is InChI=1S/C55H90O14/c1-3-5-7-9-11-13-15-17-19-20-21-22-23-25-27-29-31-33-35-37-39-64-41-44(67-47(57)38-36-34-32-30-28-26-24-18-16-14-12-10-8-6-4-2)42-65-54-53(63)51(61)49(59)46(69-54)43-66-55-52(62)50(60)48(58)45(40-56)68-55/h5-8,11-14,17-19,21-22,24-25,27,44-46,48-56,58-63H,3-4,9-10,15-16,20,23,26,28-43H2,1-2H3/b7-5-,8-6-,13-11-,14-12-,19-17-,22-21-,24-18-,27-25-. The van der Waals surface area contributed by atoms with E-state index in [-0.39, 0.29) is 19.6 Å². The first kappa shape index (κ1) is 62.0. The molecule has 0 aromatic heterocycles. The molecule has 11 atom stereocenters. The van der Waals surface area contributed by atoms with Crippen LogP contribution < -0.4 is 0 Å². The summed E-state index contributed by atoms with van der Waals surface area (Å²) < 4.78 is 34.2. The number of aliphatic hydroxyl groups is 7. The third kappa shape index (κ3) is 29.1. The van der Waals surface area contributed by atoms with Gasteiger partial charge in [-0.2, -0.15) is 0 Å². The van der Waals surface area contributed by atoms with E-state index in [1.165, 1.54) is 0 Å². The lowest BCUT2D eigenvalue weighted by Gasteiger charge is -2.42. The molecule has 7 N–H and O–H groups in total. The number of hydrogen-bond donors (Lipinski definition) is 7. The third-order valence-corrected chi connectivity index (χ3v) is 11.6. The Kier molecular flexibility index (Phi) is 37.3. The Balaban J connectivity index is 1.79. The molecular weight excluding hydrogens is 885 g/mol. The summed E-state index contributed by atoms with van der Waals surface area (Å²) in [4.78, 5) is 13.0. The molecule has 11 unspecified atom stereocenters. The molecule has 0 saturated carbocycles. The molecule has 394 valence electrons. The van der Waals surface area contributed by atoms with Crippen LogP contribution in [0, 0.1) is 0 Å². The highest BCUT2D eigenvalue weighted by Gasteiger charge is 2.47. The lowest BCUT2D eigenvalue weighted by molar-refractivity contribution is -0.332. The fourth-order valence-electron chi connectivity index (χ4n) is 7.44. The maximum absolute atomic E-state index is 13.0. The smallest absolute Gasteiger partial charge is 0.306 e. The Morgan fingerprint density at radius 2 is 0.899 bits per heavy atom. The number of esters is 1. The molecule has 0 aromatic carbocycles. The molecule has 69 heavy (non-hydrogen) atoms. The zero-order chi connectivity index (χ0) is 50.2. The Morgan fingerprint density at radius 1 is 0.478 bits per heavy atom.